The first kappa shape index (κ1) is 21.5. The summed E-state index contributed by atoms with van der Waals surface area (Å²) in [5.41, 5.74) is 0. The van der Waals surface area contributed by atoms with Crippen LogP contribution in [-0.4, -0.2) is 88.8 Å². The number of carboxylic acid groups (broad SMARTS) is 3. The molecule has 128 valence electrons. The van der Waals surface area contributed by atoms with Crippen LogP contribution in [0.4, 0.5) is 0 Å². The summed E-state index contributed by atoms with van der Waals surface area (Å²) in [5.74, 6) is -2.40. The van der Waals surface area contributed by atoms with E-state index in [1.54, 1.807) is 6.92 Å². The maximum atomic E-state index is 11.1. The van der Waals surface area contributed by atoms with Gasteiger partial charge in [0.25, 0.3) is 0 Å². The van der Waals surface area contributed by atoms with Gasteiger partial charge in [0.1, 0.15) is 0 Å². The molecule has 0 aliphatic carbocycles. The molecule has 0 aliphatic rings. The normalized spacial score (nSPS) is 13.4. The average Bonchev–Trinajstić information content (AvgIpc) is 2.42. The van der Waals surface area contributed by atoms with E-state index in [1.165, 1.54) is 0 Å². The van der Waals surface area contributed by atoms with Crippen LogP contribution in [0.2, 0.25) is 20.8 Å². The Bertz CT molecular complexity index is 342. The van der Waals surface area contributed by atoms with Crippen molar-refractivity contribution >= 4 is 49.4 Å². The van der Waals surface area contributed by atoms with Crippen LogP contribution in [0.5, 0.6) is 0 Å². The predicted molar refractivity (Wildman–Crippen MR) is 86.7 cm³/mol. The van der Waals surface area contributed by atoms with Crippen molar-refractivity contribution in [2.45, 2.75) is 46.6 Å². The van der Waals surface area contributed by atoms with Crippen molar-refractivity contribution in [2.75, 3.05) is 13.1 Å². The van der Waals surface area contributed by atoms with Crippen LogP contribution in [0.25, 0.3) is 0 Å². The SMILES string of the molecule is CC(C(=O)O)N(CC[AsH]CCC(=O)O)CC[AsH]CCC(=O)O. The van der Waals surface area contributed by atoms with E-state index in [1.807, 2.05) is 4.90 Å². The first-order valence-electron chi connectivity index (χ1n) is 7.16. The minimum atomic E-state index is -0.851. The van der Waals surface area contributed by atoms with Crippen LogP contribution in [0, 0.1) is 0 Å². The molecule has 0 saturated carbocycles. The van der Waals surface area contributed by atoms with Gasteiger partial charge in [-0.25, -0.2) is 0 Å². The number of hydrogen-bond donors (Lipinski definition) is 3. The van der Waals surface area contributed by atoms with Gasteiger partial charge in [-0.1, -0.05) is 0 Å². The monoisotopic (exact) mass is 441 g/mol. The van der Waals surface area contributed by atoms with Crippen molar-refractivity contribution in [1.29, 1.82) is 0 Å². The van der Waals surface area contributed by atoms with Gasteiger partial charge in [-0.3, -0.25) is 0 Å². The second-order valence-electron chi connectivity index (χ2n) is 4.84. The van der Waals surface area contributed by atoms with Crippen molar-refractivity contribution in [3.63, 3.8) is 0 Å². The molecule has 0 heterocycles. The van der Waals surface area contributed by atoms with Gasteiger partial charge in [-0.05, 0) is 0 Å². The van der Waals surface area contributed by atoms with Gasteiger partial charge in [-0.15, -0.1) is 0 Å². The molecule has 7 nitrogen and oxygen atoms in total. The summed E-state index contributed by atoms with van der Waals surface area (Å²) >= 11 is -0.670. The van der Waals surface area contributed by atoms with Gasteiger partial charge in [0.2, 0.25) is 0 Å². The number of hydrogen-bond acceptors (Lipinski definition) is 4. The Labute approximate surface area is 143 Å². The molecular weight excluding hydrogens is 416 g/mol. The van der Waals surface area contributed by atoms with E-state index in [4.69, 9.17) is 15.3 Å². The van der Waals surface area contributed by atoms with Gasteiger partial charge in [0.15, 0.2) is 0 Å². The summed E-state index contributed by atoms with van der Waals surface area (Å²) in [6.45, 7) is 3.05. The van der Waals surface area contributed by atoms with Crippen molar-refractivity contribution in [3.8, 4) is 0 Å². The Morgan fingerprint density at radius 3 is 1.59 bits per heavy atom. The van der Waals surface area contributed by atoms with Crippen molar-refractivity contribution in [1.82, 2.24) is 4.90 Å². The fraction of sp³-hybridized carbons (Fsp3) is 0.769. The molecule has 0 aromatic heterocycles. The fourth-order valence-electron chi connectivity index (χ4n) is 1.74. The molecule has 0 rings (SSSR count). The van der Waals surface area contributed by atoms with E-state index in [9.17, 15) is 14.4 Å². The second kappa shape index (κ2) is 13.0. The molecule has 0 bridgehead atoms. The van der Waals surface area contributed by atoms with Gasteiger partial charge < -0.3 is 0 Å². The average molecular weight is 441 g/mol. The summed E-state index contributed by atoms with van der Waals surface area (Å²) in [6, 6.07) is -0.544. The summed E-state index contributed by atoms with van der Waals surface area (Å²) in [6.07, 6.45) is 0.409. The predicted octanol–water partition coefficient (Wildman–Crippen LogP) is 0.257. The standard InChI is InChI=1S/C13H25As2NO6/c1-10(13(21)22)16(8-6-14-4-2-11(17)18)9-7-15-5-3-12(19)20/h10,14-15H,2-9H2,1H3,(H,17,18)(H,19,20)(H,21,22). The van der Waals surface area contributed by atoms with E-state index in [0.29, 0.717) is 13.1 Å². The van der Waals surface area contributed by atoms with Gasteiger partial charge in [0, 0.05) is 0 Å². The maximum absolute atomic E-state index is 11.1. The van der Waals surface area contributed by atoms with Crippen LogP contribution in [0.1, 0.15) is 19.8 Å². The summed E-state index contributed by atoms with van der Waals surface area (Å²) in [7, 11) is 0. The Kier molecular flexibility index (Phi) is 12.7. The number of rotatable bonds is 14. The van der Waals surface area contributed by atoms with Crippen molar-refractivity contribution in [3.05, 3.63) is 0 Å². The first-order valence-corrected chi connectivity index (χ1v) is 13.1. The van der Waals surface area contributed by atoms with Crippen LogP contribution in [0.3, 0.4) is 0 Å². The fourth-order valence-corrected chi connectivity index (χ4v) is 6.30. The molecule has 0 spiro atoms. The zero-order valence-corrected chi connectivity index (χ0v) is 16.9. The molecule has 3 atom stereocenters. The summed E-state index contributed by atoms with van der Waals surface area (Å²) < 4.78 is 0. The van der Waals surface area contributed by atoms with Crippen LogP contribution in [-0.2, 0) is 14.4 Å². The third-order valence-corrected chi connectivity index (χ3v) is 8.04. The second-order valence-corrected chi connectivity index (χ2v) is 11.1. The molecule has 22 heavy (non-hydrogen) atoms. The third kappa shape index (κ3) is 12.1. The van der Waals surface area contributed by atoms with Crippen LogP contribution in [0.15, 0.2) is 0 Å². The van der Waals surface area contributed by atoms with E-state index < -0.39 is 23.9 Å². The van der Waals surface area contributed by atoms with Crippen LogP contribution < -0.4 is 0 Å². The molecular formula is C13H25As2NO6. The Hall–Kier alpha value is -0.513. The van der Waals surface area contributed by atoms with Crippen LogP contribution >= 0.6 is 0 Å². The van der Waals surface area contributed by atoms with E-state index in [2.05, 4.69) is 0 Å². The molecule has 0 aromatic rings. The topological polar surface area (TPSA) is 115 Å². The molecule has 0 saturated heterocycles. The van der Waals surface area contributed by atoms with E-state index in [0.717, 1.165) is 20.8 Å². The van der Waals surface area contributed by atoms with E-state index in [-0.39, 0.29) is 44.3 Å². The Morgan fingerprint density at radius 1 is 0.864 bits per heavy atom. The summed E-state index contributed by atoms with van der Waals surface area (Å²) in [4.78, 5) is 33.9. The number of aliphatic carboxylic acids is 3. The molecule has 0 amide bonds. The number of nitrogens with zero attached hydrogens (tertiary/aromatic N) is 1. The summed E-state index contributed by atoms with van der Waals surface area (Å²) in [5, 5.41) is 29.6. The first-order chi connectivity index (χ1) is 10.3. The minimum absolute atomic E-state index is 0.204. The van der Waals surface area contributed by atoms with Gasteiger partial charge in [0.05, 0.1) is 0 Å². The Morgan fingerprint density at radius 2 is 1.27 bits per heavy atom. The van der Waals surface area contributed by atoms with Gasteiger partial charge in [-0.2, -0.15) is 0 Å². The molecule has 0 aliphatic heterocycles. The van der Waals surface area contributed by atoms with E-state index >= 15 is 0 Å². The number of carbonyl (C=O) groups is 3. The van der Waals surface area contributed by atoms with Crippen molar-refractivity contribution in [2.24, 2.45) is 0 Å². The molecule has 0 fully saturated rings. The molecule has 0 aromatic carbocycles. The zero-order chi connectivity index (χ0) is 17.0. The zero-order valence-electron chi connectivity index (χ0n) is 12.7. The van der Waals surface area contributed by atoms with Crippen molar-refractivity contribution < 1.29 is 29.7 Å². The quantitative estimate of drug-likeness (QED) is 0.262. The molecule has 3 unspecified atom stereocenters. The third-order valence-electron chi connectivity index (χ3n) is 3.09. The van der Waals surface area contributed by atoms with Gasteiger partial charge >= 0.3 is 144 Å². The Balaban J connectivity index is 4.02. The molecule has 9 heteroatoms. The number of carboxylic acids is 3. The molecule has 0 radical (unpaired) electrons. The molecule has 3 N–H and O–H groups in total.